The zero-order chi connectivity index (χ0) is 20.3. The third kappa shape index (κ3) is 3.90. The van der Waals surface area contributed by atoms with E-state index in [1.54, 1.807) is 6.07 Å². The molecule has 0 unspecified atom stereocenters. The number of carbonyl (C=O) groups excluding carboxylic acids is 1. The number of rotatable bonds is 5. The van der Waals surface area contributed by atoms with Crippen LogP contribution in [0, 0.1) is 10.1 Å². The molecule has 0 radical (unpaired) electrons. The van der Waals surface area contributed by atoms with Crippen LogP contribution in [0.4, 0.5) is 5.69 Å². The number of thiazole rings is 1. The first kappa shape index (κ1) is 20.0. The highest BCUT2D eigenvalue weighted by atomic mass is 35.5. The highest BCUT2D eigenvalue weighted by molar-refractivity contribution is 7.09. The maximum Gasteiger partial charge on any atom is 0.286 e. The summed E-state index contributed by atoms with van der Waals surface area (Å²) in [5.74, 6) is -0.624. The number of carbonyl (C=O) groups is 1. The lowest BCUT2D eigenvalue weighted by molar-refractivity contribution is -0.385. The van der Waals surface area contributed by atoms with E-state index >= 15 is 0 Å². The van der Waals surface area contributed by atoms with Crippen molar-refractivity contribution >= 4 is 34.5 Å². The molecule has 0 aliphatic heterocycles. The van der Waals surface area contributed by atoms with Crippen molar-refractivity contribution in [3.05, 3.63) is 78.9 Å². The lowest BCUT2D eigenvalue weighted by atomic mass is 10.1. The number of aromatic nitrogens is 1. The van der Waals surface area contributed by atoms with Crippen molar-refractivity contribution in [2.24, 2.45) is 4.99 Å². The maximum absolute atomic E-state index is 12.7. The van der Waals surface area contributed by atoms with Crippen molar-refractivity contribution in [2.75, 3.05) is 0 Å². The number of nitrogens with zero attached hydrogens (tertiary/aromatic N) is 3. The van der Waals surface area contributed by atoms with E-state index in [0.29, 0.717) is 16.4 Å². The molecule has 8 heteroatoms. The largest absolute Gasteiger partial charge is 0.316 e. The van der Waals surface area contributed by atoms with Crippen LogP contribution in [-0.4, -0.2) is 15.4 Å². The van der Waals surface area contributed by atoms with Gasteiger partial charge in [-0.05, 0) is 37.1 Å². The molecule has 0 saturated carbocycles. The molecule has 3 rings (SSSR count). The molecule has 0 aliphatic rings. The summed E-state index contributed by atoms with van der Waals surface area (Å²) in [5, 5.41) is 11.9. The SMILES string of the molecule is CCc1sc(=NC(=O)c2ccccc2[N+](=O)[O-])n(CC)c1-c1ccc(Cl)cc1. The quantitative estimate of drug-likeness (QED) is 0.429. The van der Waals surface area contributed by atoms with Crippen LogP contribution < -0.4 is 4.80 Å². The third-order valence-electron chi connectivity index (χ3n) is 4.26. The molecule has 0 bridgehead atoms. The maximum atomic E-state index is 12.7. The van der Waals surface area contributed by atoms with Gasteiger partial charge in [-0.2, -0.15) is 4.99 Å². The number of nitro benzene ring substituents is 1. The second-order valence-electron chi connectivity index (χ2n) is 5.95. The Morgan fingerprint density at radius 1 is 1.18 bits per heavy atom. The molecule has 0 saturated heterocycles. The summed E-state index contributed by atoms with van der Waals surface area (Å²) in [7, 11) is 0. The molecule has 1 heterocycles. The number of hydrogen-bond donors (Lipinski definition) is 0. The smallest absolute Gasteiger partial charge is 0.286 e. The molecule has 0 aliphatic carbocycles. The summed E-state index contributed by atoms with van der Waals surface area (Å²) >= 11 is 7.43. The molecule has 0 spiro atoms. The van der Waals surface area contributed by atoms with Crippen LogP contribution in [-0.2, 0) is 13.0 Å². The average Bonchev–Trinajstić information content (AvgIpc) is 3.05. The normalized spacial score (nSPS) is 11.6. The number of benzene rings is 2. The van der Waals surface area contributed by atoms with E-state index in [0.717, 1.165) is 22.6 Å². The first-order chi connectivity index (χ1) is 13.5. The first-order valence-electron chi connectivity index (χ1n) is 8.77. The van der Waals surface area contributed by atoms with Gasteiger partial charge in [0.05, 0.1) is 10.6 Å². The Kier molecular flexibility index (Phi) is 6.06. The summed E-state index contributed by atoms with van der Waals surface area (Å²) in [6.07, 6.45) is 0.776. The first-order valence-corrected chi connectivity index (χ1v) is 9.96. The molecule has 28 heavy (non-hydrogen) atoms. The summed E-state index contributed by atoms with van der Waals surface area (Å²) in [4.78, 5) is 29.2. The van der Waals surface area contributed by atoms with Crippen LogP contribution in [0.3, 0.4) is 0 Å². The fourth-order valence-electron chi connectivity index (χ4n) is 2.96. The van der Waals surface area contributed by atoms with Crippen LogP contribution >= 0.6 is 22.9 Å². The van der Waals surface area contributed by atoms with E-state index in [1.807, 2.05) is 42.7 Å². The molecule has 0 N–H and O–H groups in total. The van der Waals surface area contributed by atoms with E-state index in [4.69, 9.17) is 11.6 Å². The van der Waals surface area contributed by atoms with Gasteiger partial charge in [-0.1, -0.05) is 42.8 Å². The minimum Gasteiger partial charge on any atom is -0.316 e. The number of aryl methyl sites for hydroxylation is 1. The number of amides is 1. The van der Waals surface area contributed by atoms with E-state index in [-0.39, 0.29) is 11.3 Å². The van der Waals surface area contributed by atoms with E-state index in [2.05, 4.69) is 4.99 Å². The van der Waals surface area contributed by atoms with Crippen molar-refractivity contribution in [3.8, 4) is 11.3 Å². The van der Waals surface area contributed by atoms with Crippen LogP contribution in [0.25, 0.3) is 11.3 Å². The highest BCUT2D eigenvalue weighted by Crippen LogP contribution is 2.28. The zero-order valence-electron chi connectivity index (χ0n) is 15.4. The van der Waals surface area contributed by atoms with Gasteiger partial charge in [0, 0.05) is 22.5 Å². The van der Waals surface area contributed by atoms with Gasteiger partial charge in [0.2, 0.25) is 0 Å². The third-order valence-corrected chi connectivity index (χ3v) is 5.74. The van der Waals surface area contributed by atoms with Gasteiger partial charge >= 0.3 is 0 Å². The van der Waals surface area contributed by atoms with Gasteiger partial charge in [-0.15, -0.1) is 11.3 Å². The predicted octanol–water partition coefficient (Wildman–Crippen LogP) is 5.10. The zero-order valence-corrected chi connectivity index (χ0v) is 17.0. The topological polar surface area (TPSA) is 77.5 Å². The van der Waals surface area contributed by atoms with Crippen molar-refractivity contribution < 1.29 is 9.72 Å². The van der Waals surface area contributed by atoms with Crippen LogP contribution in [0.1, 0.15) is 29.1 Å². The van der Waals surface area contributed by atoms with Gasteiger partial charge in [0.15, 0.2) is 4.80 Å². The van der Waals surface area contributed by atoms with Gasteiger partial charge in [0.25, 0.3) is 11.6 Å². The van der Waals surface area contributed by atoms with Crippen molar-refractivity contribution in [3.63, 3.8) is 0 Å². The Morgan fingerprint density at radius 2 is 1.86 bits per heavy atom. The second-order valence-corrected chi connectivity index (χ2v) is 7.45. The monoisotopic (exact) mass is 415 g/mol. The summed E-state index contributed by atoms with van der Waals surface area (Å²) in [6, 6.07) is 13.4. The van der Waals surface area contributed by atoms with Crippen LogP contribution in [0.2, 0.25) is 5.02 Å². The number of hydrogen-bond acceptors (Lipinski definition) is 4. The van der Waals surface area contributed by atoms with Crippen molar-refractivity contribution in [2.45, 2.75) is 26.8 Å². The van der Waals surface area contributed by atoms with Gasteiger partial charge in [0.1, 0.15) is 5.56 Å². The molecule has 0 atom stereocenters. The summed E-state index contributed by atoms with van der Waals surface area (Å²) in [6.45, 7) is 4.62. The summed E-state index contributed by atoms with van der Waals surface area (Å²) in [5.41, 5.74) is 1.71. The Bertz CT molecular complexity index is 1100. The van der Waals surface area contributed by atoms with E-state index in [9.17, 15) is 14.9 Å². The number of halogens is 1. The molecule has 144 valence electrons. The number of nitro groups is 1. The molecule has 1 amide bonds. The lowest BCUT2D eigenvalue weighted by Gasteiger charge is -2.08. The van der Waals surface area contributed by atoms with Gasteiger partial charge < -0.3 is 4.57 Å². The Hall–Kier alpha value is -2.77. The molecule has 1 aromatic heterocycles. The highest BCUT2D eigenvalue weighted by Gasteiger charge is 2.20. The summed E-state index contributed by atoms with van der Waals surface area (Å²) < 4.78 is 1.96. The van der Waals surface area contributed by atoms with E-state index in [1.165, 1.54) is 29.5 Å². The Morgan fingerprint density at radius 3 is 2.46 bits per heavy atom. The molecule has 0 fully saturated rings. The predicted molar refractivity (Wildman–Crippen MR) is 111 cm³/mol. The van der Waals surface area contributed by atoms with Gasteiger partial charge in [-0.25, -0.2) is 0 Å². The fraction of sp³-hybridized carbons (Fsp3) is 0.200. The second kappa shape index (κ2) is 8.50. The van der Waals surface area contributed by atoms with Gasteiger partial charge in [-0.3, -0.25) is 14.9 Å². The lowest BCUT2D eigenvalue weighted by Crippen LogP contribution is -2.17. The molecular formula is C20H18ClN3O3S. The van der Waals surface area contributed by atoms with Crippen molar-refractivity contribution in [1.29, 1.82) is 0 Å². The molecule has 6 nitrogen and oxygen atoms in total. The number of para-hydroxylation sites is 1. The Balaban J connectivity index is 2.16. The molecule has 2 aromatic carbocycles. The minimum atomic E-state index is -0.624. The van der Waals surface area contributed by atoms with Crippen LogP contribution in [0.5, 0.6) is 0 Å². The minimum absolute atomic E-state index is 0.0188. The fourth-order valence-corrected chi connectivity index (χ4v) is 4.24. The van der Waals surface area contributed by atoms with Crippen LogP contribution in [0.15, 0.2) is 53.5 Å². The Labute approximate surface area is 170 Å². The van der Waals surface area contributed by atoms with Crippen molar-refractivity contribution in [1.82, 2.24) is 4.57 Å². The van der Waals surface area contributed by atoms with E-state index < -0.39 is 10.8 Å². The molecular weight excluding hydrogens is 398 g/mol. The average molecular weight is 416 g/mol. The standard InChI is InChI=1S/C20H18ClN3O3S/c1-3-17-18(13-9-11-14(21)12-10-13)23(4-2)20(28-17)22-19(25)15-7-5-6-8-16(15)24(26)27/h5-12H,3-4H2,1-2H3. The molecule has 3 aromatic rings.